The maximum absolute atomic E-state index is 5.73. The van der Waals surface area contributed by atoms with E-state index in [1.54, 1.807) is 7.11 Å². The number of rotatable bonds is 10. The van der Waals surface area contributed by atoms with E-state index in [1.807, 2.05) is 7.05 Å². The van der Waals surface area contributed by atoms with Crippen molar-refractivity contribution in [2.24, 2.45) is 0 Å². The highest BCUT2D eigenvalue weighted by Crippen LogP contribution is 2.23. The van der Waals surface area contributed by atoms with Crippen LogP contribution in [0, 0.1) is 20.8 Å². The predicted molar refractivity (Wildman–Crippen MR) is 86.0 cm³/mol. The summed E-state index contributed by atoms with van der Waals surface area (Å²) in [4.78, 5) is 0. The first-order valence-electron chi connectivity index (χ1n) is 7.49. The Morgan fingerprint density at radius 3 is 2.10 bits per heavy atom. The van der Waals surface area contributed by atoms with Crippen LogP contribution in [0.5, 0.6) is 0 Å². The van der Waals surface area contributed by atoms with Gasteiger partial charge in [-0.25, -0.2) is 0 Å². The van der Waals surface area contributed by atoms with Crippen LogP contribution in [0.4, 0.5) is 0 Å². The molecule has 0 radical (unpaired) electrons. The van der Waals surface area contributed by atoms with Crippen LogP contribution in [0.15, 0.2) is 12.1 Å². The average molecular weight is 295 g/mol. The van der Waals surface area contributed by atoms with Gasteiger partial charge in [0.25, 0.3) is 0 Å². The van der Waals surface area contributed by atoms with Gasteiger partial charge in [-0.2, -0.15) is 0 Å². The fourth-order valence-corrected chi connectivity index (χ4v) is 2.62. The average Bonchev–Trinajstić information content (AvgIpc) is 2.43. The number of methoxy groups -OCH3 is 1. The normalized spacial score (nSPS) is 12.6. The molecule has 1 aromatic carbocycles. The molecule has 0 fully saturated rings. The first kappa shape index (κ1) is 18.1. The summed E-state index contributed by atoms with van der Waals surface area (Å²) in [5.74, 6) is 0. The number of hydrogen-bond donors (Lipinski definition) is 1. The molecule has 0 amide bonds. The number of likely N-dealkylation sites (N-methyl/N-ethyl adjacent to an activating group) is 1. The van der Waals surface area contributed by atoms with Crippen molar-refractivity contribution in [2.75, 3.05) is 47.2 Å². The molecule has 4 heteroatoms. The SMILES string of the molecule is CNC(COCCOCCOC)c1c(C)cc(C)cc1C. The first-order chi connectivity index (χ1) is 10.1. The molecule has 0 spiro atoms. The lowest BCUT2D eigenvalue weighted by Crippen LogP contribution is -2.24. The third-order valence-corrected chi connectivity index (χ3v) is 3.52. The lowest BCUT2D eigenvalue weighted by molar-refractivity contribution is 0.0197. The third-order valence-electron chi connectivity index (χ3n) is 3.52. The van der Waals surface area contributed by atoms with Crippen molar-refractivity contribution in [1.29, 1.82) is 0 Å². The van der Waals surface area contributed by atoms with E-state index < -0.39 is 0 Å². The molecule has 1 rings (SSSR count). The zero-order chi connectivity index (χ0) is 15.7. The quantitative estimate of drug-likeness (QED) is 0.673. The molecule has 1 N–H and O–H groups in total. The second-order valence-corrected chi connectivity index (χ2v) is 5.33. The van der Waals surface area contributed by atoms with Gasteiger partial charge in [-0.15, -0.1) is 0 Å². The van der Waals surface area contributed by atoms with E-state index in [4.69, 9.17) is 14.2 Å². The molecule has 21 heavy (non-hydrogen) atoms. The highest BCUT2D eigenvalue weighted by molar-refractivity contribution is 5.39. The molecule has 1 unspecified atom stereocenters. The number of hydrogen-bond acceptors (Lipinski definition) is 4. The van der Waals surface area contributed by atoms with Crippen molar-refractivity contribution in [1.82, 2.24) is 5.32 Å². The largest absolute Gasteiger partial charge is 0.382 e. The monoisotopic (exact) mass is 295 g/mol. The van der Waals surface area contributed by atoms with Crippen molar-refractivity contribution in [2.45, 2.75) is 26.8 Å². The van der Waals surface area contributed by atoms with Gasteiger partial charge in [0.15, 0.2) is 0 Å². The molecule has 0 aliphatic carbocycles. The minimum absolute atomic E-state index is 0.213. The molecule has 0 bridgehead atoms. The van der Waals surface area contributed by atoms with E-state index >= 15 is 0 Å². The van der Waals surface area contributed by atoms with E-state index in [0.29, 0.717) is 33.0 Å². The molecule has 0 aliphatic rings. The van der Waals surface area contributed by atoms with E-state index in [0.717, 1.165) is 0 Å². The van der Waals surface area contributed by atoms with Gasteiger partial charge in [0.1, 0.15) is 0 Å². The van der Waals surface area contributed by atoms with E-state index in [1.165, 1.54) is 22.3 Å². The smallest absolute Gasteiger partial charge is 0.0701 e. The maximum Gasteiger partial charge on any atom is 0.0701 e. The Hall–Kier alpha value is -0.940. The minimum Gasteiger partial charge on any atom is -0.382 e. The van der Waals surface area contributed by atoms with Crippen molar-refractivity contribution in [3.05, 3.63) is 34.4 Å². The molecular weight excluding hydrogens is 266 g/mol. The molecule has 0 aromatic heterocycles. The van der Waals surface area contributed by atoms with Crippen molar-refractivity contribution in [3.8, 4) is 0 Å². The standard InChI is InChI=1S/C17H29NO3/c1-13-10-14(2)17(15(3)11-13)16(18-4)12-21-9-8-20-7-6-19-5/h10-11,16,18H,6-9,12H2,1-5H3. The van der Waals surface area contributed by atoms with Crippen LogP contribution in [0.1, 0.15) is 28.3 Å². The van der Waals surface area contributed by atoms with Crippen LogP contribution >= 0.6 is 0 Å². The Balaban J connectivity index is 2.45. The molecular formula is C17H29NO3. The molecule has 0 aliphatic heterocycles. The lowest BCUT2D eigenvalue weighted by Gasteiger charge is -2.22. The van der Waals surface area contributed by atoms with Gasteiger partial charge in [-0.3, -0.25) is 0 Å². The second-order valence-electron chi connectivity index (χ2n) is 5.33. The van der Waals surface area contributed by atoms with E-state index in [-0.39, 0.29) is 6.04 Å². The van der Waals surface area contributed by atoms with Crippen LogP contribution in [0.3, 0.4) is 0 Å². The summed E-state index contributed by atoms with van der Waals surface area (Å²) in [5, 5.41) is 3.34. The van der Waals surface area contributed by atoms with Crippen LogP contribution in [0.2, 0.25) is 0 Å². The molecule has 0 saturated heterocycles. The number of ether oxygens (including phenoxy) is 3. The first-order valence-corrected chi connectivity index (χ1v) is 7.49. The summed E-state index contributed by atoms with van der Waals surface area (Å²) >= 11 is 0. The Morgan fingerprint density at radius 1 is 0.952 bits per heavy atom. The molecule has 0 saturated carbocycles. The van der Waals surface area contributed by atoms with Crippen LogP contribution in [-0.4, -0.2) is 47.2 Å². The summed E-state index contributed by atoms with van der Waals surface area (Å²) in [6, 6.07) is 4.66. The summed E-state index contributed by atoms with van der Waals surface area (Å²) < 4.78 is 16.0. The predicted octanol–water partition coefficient (Wildman–Crippen LogP) is 2.55. The fraction of sp³-hybridized carbons (Fsp3) is 0.647. The third kappa shape index (κ3) is 6.14. The van der Waals surface area contributed by atoms with Crippen LogP contribution < -0.4 is 5.32 Å². The number of nitrogens with one attached hydrogen (secondary N) is 1. The number of aryl methyl sites for hydroxylation is 3. The van der Waals surface area contributed by atoms with Gasteiger partial charge in [0.2, 0.25) is 0 Å². The minimum atomic E-state index is 0.213. The van der Waals surface area contributed by atoms with E-state index in [9.17, 15) is 0 Å². The Morgan fingerprint density at radius 2 is 1.52 bits per heavy atom. The van der Waals surface area contributed by atoms with Gasteiger partial charge in [0, 0.05) is 7.11 Å². The topological polar surface area (TPSA) is 39.7 Å². The van der Waals surface area contributed by atoms with Crippen LogP contribution in [-0.2, 0) is 14.2 Å². The summed E-state index contributed by atoms with van der Waals surface area (Å²) in [5.41, 5.74) is 5.26. The molecule has 1 aromatic rings. The zero-order valence-corrected chi connectivity index (χ0v) is 14.0. The maximum atomic E-state index is 5.73. The van der Waals surface area contributed by atoms with Gasteiger partial charge in [0.05, 0.1) is 39.1 Å². The highest BCUT2D eigenvalue weighted by atomic mass is 16.5. The van der Waals surface area contributed by atoms with Gasteiger partial charge in [-0.05, 0) is 44.5 Å². The fourth-order valence-electron chi connectivity index (χ4n) is 2.62. The lowest BCUT2D eigenvalue weighted by atomic mass is 9.94. The van der Waals surface area contributed by atoms with Gasteiger partial charge in [-0.1, -0.05) is 17.7 Å². The van der Waals surface area contributed by atoms with Crippen molar-refractivity contribution < 1.29 is 14.2 Å². The summed E-state index contributed by atoms with van der Waals surface area (Å²) in [7, 11) is 3.64. The second kappa shape index (κ2) is 9.90. The molecule has 1 atom stereocenters. The Kier molecular flexibility index (Phi) is 8.54. The van der Waals surface area contributed by atoms with E-state index in [2.05, 4.69) is 38.2 Å². The summed E-state index contributed by atoms with van der Waals surface area (Å²) in [6.45, 7) is 9.55. The zero-order valence-electron chi connectivity index (χ0n) is 14.0. The molecule has 0 heterocycles. The highest BCUT2D eigenvalue weighted by Gasteiger charge is 2.15. The van der Waals surface area contributed by atoms with Crippen molar-refractivity contribution in [3.63, 3.8) is 0 Å². The Bertz CT molecular complexity index is 397. The van der Waals surface area contributed by atoms with Crippen molar-refractivity contribution >= 4 is 0 Å². The number of benzene rings is 1. The van der Waals surface area contributed by atoms with Crippen LogP contribution in [0.25, 0.3) is 0 Å². The molecule has 120 valence electrons. The Labute approximate surface area is 128 Å². The van der Waals surface area contributed by atoms with Gasteiger partial charge < -0.3 is 19.5 Å². The summed E-state index contributed by atoms with van der Waals surface area (Å²) in [6.07, 6.45) is 0. The molecule has 4 nitrogen and oxygen atoms in total. The van der Waals surface area contributed by atoms with Gasteiger partial charge >= 0.3 is 0 Å².